The number of rotatable bonds is 2. The molecule has 0 saturated carbocycles. The molecule has 0 heterocycles. The minimum absolute atomic E-state index is 1.05. The van der Waals surface area contributed by atoms with Gasteiger partial charge in [-0.05, 0) is 13.1 Å². The van der Waals surface area contributed by atoms with Crippen LogP contribution < -0.4 is 0 Å². The molecule has 0 aromatic carbocycles. The second-order valence-corrected chi connectivity index (χ2v) is 1.96. The lowest BCUT2D eigenvalue weighted by Gasteiger charge is -2.06. The van der Waals surface area contributed by atoms with Gasteiger partial charge in [-0.1, -0.05) is 40.7 Å². The molecule has 0 fully saturated rings. The highest BCUT2D eigenvalue weighted by Gasteiger charge is 1.74. The summed E-state index contributed by atoms with van der Waals surface area (Å²) in [6.07, 6.45) is 3.06. The van der Waals surface area contributed by atoms with Crippen molar-refractivity contribution in [2.75, 3.05) is 13.6 Å². The molecule has 0 unspecified atom stereocenters. The second kappa shape index (κ2) is 22.7. The zero-order valence-corrected chi connectivity index (χ0v) is 9.15. The van der Waals surface area contributed by atoms with E-state index in [1.807, 2.05) is 25.8 Å². The summed E-state index contributed by atoms with van der Waals surface area (Å²) in [5.41, 5.74) is 0. The first kappa shape index (κ1) is 16.9. The molecule has 0 aromatic rings. The third kappa shape index (κ3) is 43.3. The maximum Gasteiger partial charge on any atom is 0.0140 e. The van der Waals surface area contributed by atoms with Crippen LogP contribution in [0.1, 0.15) is 41.0 Å². The Morgan fingerprint density at radius 3 is 1.45 bits per heavy atom. The molecule has 0 aromatic heterocycles. The van der Waals surface area contributed by atoms with Gasteiger partial charge in [0.2, 0.25) is 0 Å². The molecule has 0 amide bonds. The van der Waals surface area contributed by atoms with Gasteiger partial charge in [0.15, 0.2) is 0 Å². The molecular formula is C10H25N. The molecule has 1 nitrogen and oxygen atoms in total. The summed E-state index contributed by atoms with van der Waals surface area (Å²) >= 11 is 0. The van der Waals surface area contributed by atoms with Gasteiger partial charge in [-0.2, -0.15) is 0 Å². The summed E-state index contributed by atoms with van der Waals surface area (Å²) in [6.45, 7) is 14.9. The van der Waals surface area contributed by atoms with Crippen molar-refractivity contribution in [3.63, 3.8) is 0 Å². The molecule has 0 rings (SSSR count). The highest BCUT2D eigenvalue weighted by Crippen LogP contribution is 1.74. The van der Waals surface area contributed by atoms with Crippen molar-refractivity contribution >= 4 is 0 Å². The zero-order valence-electron chi connectivity index (χ0n) is 9.15. The van der Waals surface area contributed by atoms with E-state index in [4.69, 9.17) is 0 Å². The van der Waals surface area contributed by atoms with Crippen LogP contribution >= 0.6 is 0 Å². The molecule has 70 valence electrons. The zero-order chi connectivity index (χ0) is 9.70. The average Bonchev–Trinajstić information content (AvgIpc) is 2.08. The molecule has 0 aliphatic rings. The van der Waals surface area contributed by atoms with Crippen LogP contribution in [-0.4, -0.2) is 18.5 Å². The Labute approximate surface area is 73.1 Å². The Kier molecular flexibility index (Phi) is 34.8. The van der Waals surface area contributed by atoms with Crippen LogP contribution in [0.4, 0.5) is 0 Å². The molecule has 0 aliphatic heterocycles. The quantitative estimate of drug-likeness (QED) is 0.596. The standard InChI is InChI=1S/C5H11N.C3H8.C2H6/c1-4-6(3)5-2;1-3-2;1-2/h4H,1,5H2,2-3H3;3H2,1-2H3;1-2H3. The minimum atomic E-state index is 1.05. The predicted molar refractivity (Wildman–Crippen MR) is 55.8 cm³/mol. The minimum Gasteiger partial charge on any atom is -0.381 e. The van der Waals surface area contributed by atoms with Gasteiger partial charge in [0.25, 0.3) is 0 Å². The predicted octanol–water partition coefficient (Wildman–Crippen LogP) is 3.52. The summed E-state index contributed by atoms with van der Waals surface area (Å²) in [5.74, 6) is 0. The summed E-state index contributed by atoms with van der Waals surface area (Å²) in [5, 5.41) is 0. The van der Waals surface area contributed by atoms with Gasteiger partial charge in [0.05, 0.1) is 0 Å². The van der Waals surface area contributed by atoms with E-state index in [1.165, 1.54) is 6.42 Å². The fourth-order valence-electron chi connectivity index (χ4n) is 0.129. The summed E-state index contributed by atoms with van der Waals surface area (Å²) in [4.78, 5) is 2.01. The largest absolute Gasteiger partial charge is 0.381 e. The van der Waals surface area contributed by atoms with Crippen molar-refractivity contribution in [3.8, 4) is 0 Å². The van der Waals surface area contributed by atoms with Crippen LogP contribution in [-0.2, 0) is 0 Å². The molecule has 1 heteroatoms. The van der Waals surface area contributed by atoms with E-state index < -0.39 is 0 Å². The van der Waals surface area contributed by atoms with Crippen LogP contribution in [0.15, 0.2) is 12.8 Å². The van der Waals surface area contributed by atoms with Crippen molar-refractivity contribution in [1.29, 1.82) is 0 Å². The van der Waals surface area contributed by atoms with Crippen LogP contribution in [0.25, 0.3) is 0 Å². The molecular weight excluding hydrogens is 134 g/mol. The fourth-order valence-corrected chi connectivity index (χ4v) is 0.129. The molecule has 0 spiro atoms. The van der Waals surface area contributed by atoms with Gasteiger partial charge < -0.3 is 4.90 Å². The second-order valence-electron chi connectivity index (χ2n) is 1.96. The lowest BCUT2D eigenvalue weighted by molar-refractivity contribution is 0.486. The monoisotopic (exact) mass is 159 g/mol. The molecule has 0 aliphatic carbocycles. The maximum absolute atomic E-state index is 3.56. The van der Waals surface area contributed by atoms with E-state index >= 15 is 0 Å². The first-order valence-corrected chi connectivity index (χ1v) is 4.55. The lowest BCUT2D eigenvalue weighted by Crippen LogP contribution is -2.06. The van der Waals surface area contributed by atoms with E-state index in [0.717, 1.165) is 6.54 Å². The van der Waals surface area contributed by atoms with Crippen molar-refractivity contribution in [1.82, 2.24) is 4.90 Å². The van der Waals surface area contributed by atoms with E-state index in [0.29, 0.717) is 0 Å². The SMILES string of the molecule is C=CN(C)CC.CC.CCC. The van der Waals surface area contributed by atoms with Crippen molar-refractivity contribution in [3.05, 3.63) is 12.8 Å². The smallest absolute Gasteiger partial charge is 0.0140 e. The first-order chi connectivity index (χ1) is 5.22. The van der Waals surface area contributed by atoms with Crippen LogP contribution in [0.3, 0.4) is 0 Å². The van der Waals surface area contributed by atoms with Gasteiger partial charge in [0.1, 0.15) is 0 Å². The van der Waals surface area contributed by atoms with Crippen molar-refractivity contribution in [2.24, 2.45) is 0 Å². The third-order valence-electron chi connectivity index (χ3n) is 0.810. The van der Waals surface area contributed by atoms with Gasteiger partial charge in [0, 0.05) is 13.6 Å². The molecule has 0 saturated heterocycles. The summed E-state index contributed by atoms with van der Waals surface area (Å²) in [6, 6.07) is 0. The van der Waals surface area contributed by atoms with E-state index in [-0.39, 0.29) is 0 Å². The van der Waals surface area contributed by atoms with Crippen molar-refractivity contribution < 1.29 is 0 Å². The Morgan fingerprint density at radius 2 is 1.45 bits per heavy atom. The Hall–Kier alpha value is -0.460. The topological polar surface area (TPSA) is 3.24 Å². The van der Waals surface area contributed by atoms with Crippen LogP contribution in [0.2, 0.25) is 0 Å². The Morgan fingerprint density at radius 1 is 1.18 bits per heavy atom. The van der Waals surface area contributed by atoms with Gasteiger partial charge >= 0.3 is 0 Å². The molecule has 0 radical (unpaired) electrons. The molecule has 0 bridgehead atoms. The summed E-state index contributed by atoms with van der Waals surface area (Å²) < 4.78 is 0. The summed E-state index contributed by atoms with van der Waals surface area (Å²) in [7, 11) is 1.99. The maximum atomic E-state index is 3.56. The van der Waals surface area contributed by atoms with E-state index in [2.05, 4.69) is 27.4 Å². The van der Waals surface area contributed by atoms with E-state index in [9.17, 15) is 0 Å². The number of hydrogen-bond acceptors (Lipinski definition) is 1. The van der Waals surface area contributed by atoms with Gasteiger partial charge in [-0.25, -0.2) is 0 Å². The van der Waals surface area contributed by atoms with E-state index in [1.54, 1.807) is 6.20 Å². The number of nitrogens with zero attached hydrogens (tertiary/aromatic N) is 1. The first-order valence-electron chi connectivity index (χ1n) is 4.55. The van der Waals surface area contributed by atoms with Crippen LogP contribution in [0.5, 0.6) is 0 Å². The Balaban J connectivity index is -0.000000109. The fraction of sp³-hybridized carbons (Fsp3) is 0.800. The molecule has 11 heavy (non-hydrogen) atoms. The highest BCUT2D eigenvalue weighted by atomic mass is 15.1. The Bertz CT molecular complexity index is 50.8. The normalized spacial score (nSPS) is 6.36. The van der Waals surface area contributed by atoms with Gasteiger partial charge in [-0.15, -0.1) is 0 Å². The third-order valence-corrected chi connectivity index (χ3v) is 0.810. The van der Waals surface area contributed by atoms with Gasteiger partial charge in [-0.3, -0.25) is 0 Å². The number of hydrogen-bond donors (Lipinski definition) is 0. The lowest BCUT2D eigenvalue weighted by atomic mass is 10.6. The highest BCUT2D eigenvalue weighted by molar-refractivity contribution is 4.62. The van der Waals surface area contributed by atoms with Crippen LogP contribution in [0, 0.1) is 0 Å². The van der Waals surface area contributed by atoms with Crippen molar-refractivity contribution in [2.45, 2.75) is 41.0 Å². The molecule has 0 N–H and O–H groups in total. The molecule has 0 atom stereocenters. The average molecular weight is 159 g/mol.